The zero-order valence-corrected chi connectivity index (χ0v) is 16.1. The Kier molecular flexibility index (Phi) is 4.58. The van der Waals surface area contributed by atoms with E-state index in [2.05, 4.69) is 17.4 Å². The van der Waals surface area contributed by atoms with Crippen molar-refractivity contribution in [2.45, 2.75) is 64.2 Å². The Balaban J connectivity index is 1.50. The zero-order chi connectivity index (χ0) is 19.2. The maximum Gasteiger partial charge on any atom is 0.235 e. The lowest BCUT2D eigenvalue weighted by Crippen LogP contribution is -2.46. The summed E-state index contributed by atoms with van der Waals surface area (Å²) >= 11 is 0. The van der Waals surface area contributed by atoms with Crippen molar-refractivity contribution in [3.63, 3.8) is 0 Å². The van der Waals surface area contributed by atoms with Gasteiger partial charge in [-0.25, -0.2) is 0 Å². The second-order valence-electron chi connectivity index (χ2n) is 8.03. The lowest BCUT2D eigenvalue weighted by atomic mass is 9.76. The highest BCUT2D eigenvalue weighted by molar-refractivity contribution is 6.02. The van der Waals surface area contributed by atoms with Crippen molar-refractivity contribution in [2.24, 2.45) is 11.8 Å². The first kappa shape index (κ1) is 18.2. The van der Waals surface area contributed by atoms with Crippen molar-refractivity contribution < 1.29 is 18.8 Å². The molecular formula is C20H27N3O4. The molecule has 2 amide bonds. The second-order valence-corrected chi connectivity index (χ2v) is 8.03. The molecule has 2 bridgehead atoms. The maximum atomic E-state index is 13.1. The molecule has 7 heteroatoms. The van der Waals surface area contributed by atoms with E-state index in [0.717, 1.165) is 25.7 Å². The van der Waals surface area contributed by atoms with Crippen molar-refractivity contribution >= 4 is 17.6 Å². The number of amides is 2. The molecule has 1 N–H and O–H groups in total. The quantitative estimate of drug-likeness (QED) is 0.586. The first-order valence-electron chi connectivity index (χ1n) is 9.87. The fourth-order valence-electron chi connectivity index (χ4n) is 4.58. The molecule has 0 aliphatic carbocycles. The van der Waals surface area contributed by atoms with E-state index in [4.69, 9.17) is 9.26 Å². The van der Waals surface area contributed by atoms with E-state index >= 15 is 0 Å². The lowest BCUT2D eigenvalue weighted by molar-refractivity contribution is -0.132. The summed E-state index contributed by atoms with van der Waals surface area (Å²) in [7, 11) is 0. The minimum Gasteiger partial charge on any atom is -0.360 e. The molecule has 1 spiro atoms. The number of carbonyl (C=O) groups excluding carboxylic acids is 2. The molecule has 1 aromatic rings. The van der Waals surface area contributed by atoms with Crippen molar-refractivity contribution in [2.75, 3.05) is 11.4 Å². The van der Waals surface area contributed by atoms with Crippen LogP contribution in [0, 0.1) is 18.8 Å². The van der Waals surface area contributed by atoms with E-state index in [1.807, 2.05) is 19.1 Å². The zero-order valence-electron chi connectivity index (χ0n) is 16.1. The number of unbranched alkanes of at least 4 members (excludes halogenated alkanes) is 2. The number of rotatable bonds is 7. The summed E-state index contributed by atoms with van der Waals surface area (Å²) in [6, 6.07) is 1.82. The Morgan fingerprint density at radius 3 is 3.00 bits per heavy atom. The highest BCUT2D eigenvalue weighted by Gasteiger charge is 2.67. The average molecular weight is 373 g/mol. The van der Waals surface area contributed by atoms with Gasteiger partial charge >= 0.3 is 0 Å². The van der Waals surface area contributed by atoms with Crippen LogP contribution in [0.4, 0.5) is 5.82 Å². The van der Waals surface area contributed by atoms with Crippen LogP contribution in [0.25, 0.3) is 0 Å². The molecule has 3 aliphatic heterocycles. The molecule has 146 valence electrons. The number of fused-ring (bicyclic) bond motifs is 1. The Hall–Kier alpha value is -2.15. The van der Waals surface area contributed by atoms with Gasteiger partial charge in [0.15, 0.2) is 5.82 Å². The van der Waals surface area contributed by atoms with Gasteiger partial charge in [-0.1, -0.05) is 43.5 Å². The first-order chi connectivity index (χ1) is 12.9. The van der Waals surface area contributed by atoms with Gasteiger partial charge in [0.25, 0.3) is 0 Å². The topological polar surface area (TPSA) is 84.7 Å². The standard InChI is InChI=1S/C20H27N3O4/c1-4-5-6-7-12(2)21-18(24)16-14-8-9-20(26-14)11-23(19(25)17(16)20)15-10-13(3)27-22-15/h8-10,12,14,16-17H,4-7,11H2,1-3H3,(H,21,24)/t12-,14-,16+,17+,20-/m1/s1. The summed E-state index contributed by atoms with van der Waals surface area (Å²) in [6.45, 7) is 6.34. The number of anilines is 1. The van der Waals surface area contributed by atoms with Gasteiger partial charge in [-0.2, -0.15) is 0 Å². The van der Waals surface area contributed by atoms with Crippen molar-refractivity contribution in [1.29, 1.82) is 0 Å². The van der Waals surface area contributed by atoms with Gasteiger partial charge in [0, 0.05) is 12.1 Å². The number of aromatic nitrogens is 1. The molecule has 0 saturated carbocycles. The van der Waals surface area contributed by atoms with Crippen LogP contribution in [0.3, 0.4) is 0 Å². The number of aryl methyl sites for hydroxylation is 1. The van der Waals surface area contributed by atoms with Gasteiger partial charge in [-0.3, -0.25) is 14.5 Å². The largest absolute Gasteiger partial charge is 0.360 e. The summed E-state index contributed by atoms with van der Waals surface area (Å²) in [6.07, 6.45) is 7.89. The molecule has 2 fully saturated rings. The number of carbonyl (C=O) groups is 2. The van der Waals surface area contributed by atoms with E-state index in [1.54, 1.807) is 17.9 Å². The van der Waals surface area contributed by atoms with Gasteiger partial charge in [0.05, 0.1) is 24.5 Å². The molecule has 27 heavy (non-hydrogen) atoms. The molecule has 4 heterocycles. The maximum absolute atomic E-state index is 13.1. The van der Waals surface area contributed by atoms with Gasteiger partial charge in [-0.15, -0.1) is 0 Å². The molecule has 2 saturated heterocycles. The predicted molar refractivity (Wildman–Crippen MR) is 99.1 cm³/mol. The third-order valence-electron chi connectivity index (χ3n) is 5.92. The Bertz CT molecular complexity index is 773. The third kappa shape index (κ3) is 2.98. The summed E-state index contributed by atoms with van der Waals surface area (Å²) in [5.41, 5.74) is -0.734. The highest BCUT2D eigenvalue weighted by Crippen LogP contribution is 2.52. The molecule has 7 nitrogen and oxygen atoms in total. The highest BCUT2D eigenvalue weighted by atomic mass is 16.5. The Labute approximate surface area is 159 Å². The second kappa shape index (κ2) is 6.78. The monoisotopic (exact) mass is 373 g/mol. The van der Waals surface area contributed by atoms with E-state index < -0.39 is 17.4 Å². The predicted octanol–water partition coefficient (Wildman–Crippen LogP) is 2.35. The molecule has 0 aromatic carbocycles. The average Bonchev–Trinajstić information content (AvgIpc) is 3.36. The van der Waals surface area contributed by atoms with Crippen molar-refractivity contribution in [3.05, 3.63) is 24.0 Å². The van der Waals surface area contributed by atoms with Crippen LogP contribution in [-0.4, -0.2) is 41.3 Å². The van der Waals surface area contributed by atoms with Crippen molar-refractivity contribution in [1.82, 2.24) is 10.5 Å². The third-order valence-corrected chi connectivity index (χ3v) is 5.92. The molecule has 0 radical (unpaired) electrons. The van der Waals surface area contributed by atoms with E-state index in [0.29, 0.717) is 18.1 Å². The summed E-state index contributed by atoms with van der Waals surface area (Å²) < 4.78 is 11.2. The molecule has 1 aromatic heterocycles. The number of nitrogens with zero attached hydrogens (tertiary/aromatic N) is 2. The van der Waals surface area contributed by atoms with Crippen molar-refractivity contribution in [3.8, 4) is 0 Å². The number of hydrogen-bond donors (Lipinski definition) is 1. The van der Waals surface area contributed by atoms with Crippen LogP contribution in [0.1, 0.15) is 45.3 Å². The molecule has 5 atom stereocenters. The molecular weight excluding hydrogens is 346 g/mol. The van der Waals surface area contributed by atoms with Crippen LogP contribution < -0.4 is 10.2 Å². The minimum absolute atomic E-state index is 0.0910. The van der Waals surface area contributed by atoms with Crippen LogP contribution in [0.15, 0.2) is 22.7 Å². The lowest BCUT2D eigenvalue weighted by Gasteiger charge is -2.25. The number of ether oxygens (including phenoxy) is 1. The Morgan fingerprint density at radius 2 is 2.30 bits per heavy atom. The fraction of sp³-hybridized carbons (Fsp3) is 0.650. The SMILES string of the molecule is CCCCC[C@@H](C)NC(=O)[C@@H]1[C@H]2C(=O)N(c3cc(C)on3)C[C@]23C=C[C@H]1O3. The van der Waals surface area contributed by atoms with E-state index in [1.165, 1.54) is 0 Å². The molecule has 4 rings (SSSR count). The molecule has 0 unspecified atom stereocenters. The number of nitrogens with one attached hydrogen (secondary N) is 1. The minimum atomic E-state index is -0.734. The van der Waals surface area contributed by atoms with Gasteiger partial charge in [-0.05, 0) is 20.3 Å². The normalized spacial score (nSPS) is 32.2. The van der Waals surface area contributed by atoms with E-state index in [-0.39, 0.29) is 24.0 Å². The smallest absolute Gasteiger partial charge is 0.235 e. The number of hydrogen-bond acceptors (Lipinski definition) is 5. The Morgan fingerprint density at radius 1 is 1.48 bits per heavy atom. The van der Waals surface area contributed by atoms with Gasteiger partial charge in [0.2, 0.25) is 11.8 Å². The van der Waals surface area contributed by atoms with Gasteiger partial charge < -0.3 is 14.6 Å². The first-order valence-corrected chi connectivity index (χ1v) is 9.87. The van der Waals surface area contributed by atoms with Crippen LogP contribution in [-0.2, 0) is 14.3 Å². The summed E-state index contributed by atoms with van der Waals surface area (Å²) in [4.78, 5) is 27.7. The van der Waals surface area contributed by atoms with Crippen LogP contribution in [0.2, 0.25) is 0 Å². The molecule has 3 aliphatic rings. The fourth-order valence-corrected chi connectivity index (χ4v) is 4.58. The summed E-state index contributed by atoms with van der Waals surface area (Å²) in [5.74, 6) is -0.0840. The van der Waals surface area contributed by atoms with Crippen LogP contribution >= 0.6 is 0 Å². The summed E-state index contributed by atoms with van der Waals surface area (Å²) in [5, 5.41) is 7.06. The van der Waals surface area contributed by atoms with Crippen LogP contribution in [0.5, 0.6) is 0 Å². The van der Waals surface area contributed by atoms with Gasteiger partial charge in [0.1, 0.15) is 11.4 Å². The van der Waals surface area contributed by atoms with E-state index in [9.17, 15) is 9.59 Å².